The Morgan fingerprint density at radius 1 is 1.48 bits per heavy atom. The minimum absolute atomic E-state index is 0.284. The van der Waals surface area contributed by atoms with Crippen LogP contribution >= 0.6 is 0 Å². The van der Waals surface area contributed by atoms with Crippen molar-refractivity contribution in [1.82, 2.24) is 10.3 Å². The molecule has 1 aromatic rings. The van der Waals surface area contributed by atoms with Crippen molar-refractivity contribution in [2.75, 3.05) is 31.6 Å². The molecule has 1 aliphatic rings. The molecule has 1 atom stereocenters. The molecule has 1 aromatic heterocycles. The summed E-state index contributed by atoms with van der Waals surface area (Å²) in [6.07, 6.45) is -3.58. The minimum Gasteiger partial charge on any atom is -0.475 e. The Balaban J connectivity index is 0.000000381. The van der Waals surface area contributed by atoms with Gasteiger partial charge >= 0.3 is 18.1 Å². The fourth-order valence-corrected chi connectivity index (χ4v) is 1.95. The topological polar surface area (TPSA) is 116 Å². The Kier molecular flexibility index (Phi) is 7.13. The molecule has 1 saturated heterocycles. The molecule has 8 nitrogen and oxygen atoms in total. The van der Waals surface area contributed by atoms with Gasteiger partial charge in [-0.2, -0.15) is 18.4 Å². The molecule has 0 saturated carbocycles. The Morgan fingerprint density at radius 2 is 2.12 bits per heavy atom. The van der Waals surface area contributed by atoms with Gasteiger partial charge in [-0.3, -0.25) is 0 Å². The number of nitrogens with zero attached hydrogens (tertiary/aromatic N) is 3. The Labute approximate surface area is 140 Å². The number of carboxylic acids is 1. The predicted octanol–water partition coefficient (Wildman–Crippen LogP) is 0.538. The Bertz CT molecular complexity index is 643. The van der Waals surface area contributed by atoms with E-state index in [-0.39, 0.29) is 12.0 Å². The van der Waals surface area contributed by atoms with Crippen LogP contribution in [-0.2, 0) is 14.3 Å². The number of carbonyl (C=O) groups excluding carboxylic acids is 1. The molecule has 1 aliphatic heterocycles. The number of ether oxygens (including phenoxy) is 1. The number of piperazine rings is 1. The highest BCUT2D eigenvalue weighted by molar-refractivity contribution is 5.80. The number of pyridine rings is 1. The molecule has 2 N–H and O–H groups in total. The average molecular weight is 360 g/mol. The van der Waals surface area contributed by atoms with Gasteiger partial charge in [-0.05, 0) is 12.1 Å². The summed E-state index contributed by atoms with van der Waals surface area (Å²) in [5.74, 6) is -2.35. The smallest absolute Gasteiger partial charge is 0.475 e. The van der Waals surface area contributed by atoms with E-state index in [0.717, 1.165) is 6.54 Å². The van der Waals surface area contributed by atoms with Crippen molar-refractivity contribution in [1.29, 1.82) is 5.26 Å². The SMILES string of the molecule is COC(=O)C1CNCCN1c1ccc(C#N)cn1.O=C(O)C(F)(F)F. The van der Waals surface area contributed by atoms with Gasteiger partial charge in [-0.25, -0.2) is 14.6 Å². The molecule has 1 fully saturated rings. The van der Waals surface area contributed by atoms with Crippen LogP contribution in [0.1, 0.15) is 5.56 Å². The fraction of sp³-hybridized carbons (Fsp3) is 0.429. The second-order valence-corrected chi connectivity index (χ2v) is 4.76. The van der Waals surface area contributed by atoms with Crippen molar-refractivity contribution < 1.29 is 32.6 Å². The summed E-state index contributed by atoms with van der Waals surface area (Å²) in [5.41, 5.74) is 0.503. The van der Waals surface area contributed by atoms with E-state index in [1.807, 2.05) is 11.0 Å². The third-order valence-corrected chi connectivity index (χ3v) is 3.13. The van der Waals surface area contributed by atoms with Crippen molar-refractivity contribution in [2.45, 2.75) is 12.2 Å². The number of hydrogen-bond donors (Lipinski definition) is 2. The zero-order chi connectivity index (χ0) is 19.0. The predicted molar refractivity (Wildman–Crippen MR) is 78.7 cm³/mol. The normalized spacial score (nSPS) is 16.9. The number of anilines is 1. The number of aliphatic carboxylic acids is 1. The molecular formula is C14H15F3N4O4. The first kappa shape index (κ1) is 20.2. The van der Waals surface area contributed by atoms with Gasteiger partial charge < -0.3 is 20.1 Å². The number of aromatic nitrogens is 1. The van der Waals surface area contributed by atoms with E-state index in [9.17, 15) is 18.0 Å². The van der Waals surface area contributed by atoms with Crippen LogP contribution in [0.5, 0.6) is 0 Å². The molecular weight excluding hydrogens is 345 g/mol. The first-order valence-corrected chi connectivity index (χ1v) is 6.92. The fourth-order valence-electron chi connectivity index (χ4n) is 1.95. The van der Waals surface area contributed by atoms with Gasteiger partial charge in [0.05, 0.1) is 12.7 Å². The maximum Gasteiger partial charge on any atom is 0.490 e. The first-order chi connectivity index (χ1) is 11.7. The van der Waals surface area contributed by atoms with E-state index in [4.69, 9.17) is 19.9 Å². The standard InChI is InChI=1S/C12H14N4O2.C2HF3O2/c1-18-12(17)10-8-14-4-5-16(10)11-3-2-9(6-13)7-15-11;3-2(4,5)1(6)7/h2-3,7,10,14H,4-5,8H2,1H3;(H,6,7). The van der Waals surface area contributed by atoms with Gasteiger partial charge in [0.1, 0.15) is 17.9 Å². The maximum atomic E-state index is 11.7. The quantitative estimate of drug-likeness (QED) is 0.734. The molecule has 0 radical (unpaired) electrons. The van der Waals surface area contributed by atoms with Crippen molar-refractivity contribution >= 4 is 17.8 Å². The number of methoxy groups -OCH3 is 1. The number of esters is 1. The van der Waals surface area contributed by atoms with Gasteiger partial charge in [0, 0.05) is 25.8 Å². The molecule has 0 bridgehead atoms. The molecule has 1 unspecified atom stereocenters. The number of carbonyl (C=O) groups is 2. The molecule has 0 spiro atoms. The minimum atomic E-state index is -5.08. The number of carboxylic acid groups (broad SMARTS) is 1. The van der Waals surface area contributed by atoms with Crippen LogP contribution in [0.15, 0.2) is 18.3 Å². The Morgan fingerprint density at radius 3 is 2.56 bits per heavy atom. The maximum absolute atomic E-state index is 11.7. The van der Waals surface area contributed by atoms with E-state index in [2.05, 4.69) is 10.3 Å². The first-order valence-electron chi connectivity index (χ1n) is 6.92. The summed E-state index contributed by atoms with van der Waals surface area (Å²) in [7, 11) is 1.38. The van der Waals surface area contributed by atoms with E-state index >= 15 is 0 Å². The van der Waals surface area contributed by atoms with Crippen molar-refractivity contribution in [3.63, 3.8) is 0 Å². The molecule has 0 aromatic carbocycles. The van der Waals surface area contributed by atoms with E-state index in [1.54, 1.807) is 12.1 Å². The van der Waals surface area contributed by atoms with Crippen LogP contribution in [-0.4, -0.2) is 61.0 Å². The molecule has 2 rings (SSSR count). The van der Waals surface area contributed by atoms with Gasteiger partial charge in [0.15, 0.2) is 0 Å². The van der Waals surface area contributed by atoms with Crippen LogP contribution < -0.4 is 10.2 Å². The second-order valence-electron chi connectivity index (χ2n) is 4.76. The highest BCUT2D eigenvalue weighted by atomic mass is 19.4. The van der Waals surface area contributed by atoms with Gasteiger partial charge in [0.25, 0.3) is 0 Å². The lowest BCUT2D eigenvalue weighted by Gasteiger charge is -2.35. The molecule has 11 heteroatoms. The third-order valence-electron chi connectivity index (χ3n) is 3.13. The summed E-state index contributed by atoms with van der Waals surface area (Å²) in [6, 6.07) is 5.09. The number of rotatable bonds is 2. The van der Waals surface area contributed by atoms with Crippen molar-refractivity contribution in [3.05, 3.63) is 23.9 Å². The third kappa shape index (κ3) is 5.92. The lowest BCUT2D eigenvalue weighted by Crippen LogP contribution is -2.55. The summed E-state index contributed by atoms with van der Waals surface area (Å²) in [4.78, 5) is 26.7. The van der Waals surface area contributed by atoms with Gasteiger partial charge in [0.2, 0.25) is 0 Å². The lowest BCUT2D eigenvalue weighted by atomic mass is 10.2. The number of nitriles is 1. The number of alkyl halides is 3. The largest absolute Gasteiger partial charge is 0.490 e. The Hall–Kier alpha value is -2.87. The van der Waals surface area contributed by atoms with Crippen molar-refractivity contribution in [2.24, 2.45) is 0 Å². The molecule has 136 valence electrons. The zero-order valence-electron chi connectivity index (χ0n) is 13.1. The van der Waals surface area contributed by atoms with Crippen LogP contribution in [0.3, 0.4) is 0 Å². The summed E-state index contributed by atoms with van der Waals surface area (Å²) < 4.78 is 36.5. The van der Waals surface area contributed by atoms with Crippen LogP contribution in [0.25, 0.3) is 0 Å². The molecule has 25 heavy (non-hydrogen) atoms. The van der Waals surface area contributed by atoms with E-state index in [1.165, 1.54) is 13.3 Å². The highest BCUT2D eigenvalue weighted by Gasteiger charge is 2.38. The average Bonchev–Trinajstić information content (AvgIpc) is 2.61. The van der Waals surface area contributed by atoms with Crippen molar-refractivity contribution in [3.8, 4) is 6.07 Å². The van der Waals surface area contributed by atoms with Crippen LogP contribution in [0, 0.1) is 11.3 Å². The van der Waals surface area contributed by atoms with Gasteiger partial charge in [-0.1, -0.05) is 0 Å². The molecule has 0 aliphatic carbocycles. The highest BCUT2D eigenvalue weighted by Crippen LogP contribution is 2.16. The second kappa shape index (κ2) is 8.84. The molecule has 0 amide bonds. The van der Waals surface area contributed by atoms with Gasteiger partial charge in [-0.15, -0.1) is 0 Å². The number of halogens is 3. The van der Waals surface area contributed by atoms with Crippen LogP contribution in [0.2, 0.25) is 0 Å². The summed E-state index contributed by atoms with van der Waals surface area (Å²) >= 11 is 0. The monoisotopic (exact) mass is 360 g/mol. The molecule has 2 heterocycles. The number of nitrogens with one attached hydrogen (secondary N) is 1. The lowest BCUT2D eigenvalue weighted by molar-refractivity contribution is -0.192. The summed E-state index contributed by atoms with van der Waals surface area (Å²) in [5, 5.41) is 19.0. The van der Waals surface area contributed by atoms with E-state index in [0.29, 0.717) is 24.5 Å². The zero-order valence-corrected chi connectivity index (χ0v) is 13.1. The summed E-state index contributed by atoms with van der Waals surface area (Å²) in [6.45, 7) is 2.00. The van der Waals surface area contributed by atoms with E-state index < -0.39 is 12.1 Å². The van der Waals surface area contributed by atoms with Crippen LogP contribution in [0.4, 0.5) is 19.0 Å². The number of hydrogen-bond acceptors (Lipinski definition) is 7.